The van der Waals surface area contributed by atoms with E-state index in [1.165, 1.54) is 0 Å². The molecular weight excluding hydrogens is 250 g/mol. The molecule has 0 spiro atoms. The van der Waals surface area contributed by atoms with Gasteiger partial charge in [-0.2, -0.15) is 0 Å². The Balaban J connectivity index is 4.15. The number of alkyl carbamates (subject to hydrolysis) is 1. The molecule has 114 valence electrons. The minimum Gasteiger partial charge on any atom is -0.449 e. The zero-order valence-corrected chi connectivity index (χ0v) is 11.9. The van der Waals surface area contributed by atoms with Crippen LogP contribution in [0.5, 0.6) is 0 Å². The molecule has 0 aromatic heterocycles. The molecule has 1 unspecified atom stereocenters. The van der Waals surface area contributed by atoms with Crippen LogP contribution in [0.3, 0.4) is 0 Å². The second kappa shape index (κ2) is 10.00. The van der Waals surface area contributed by atoms with Gasteiger partial charge in [0.1, 0.15) is 5.54 Å². The molecule has 0 rings (SSSR count). The van der Waals surface area contributed by atoms with E-state index in [9.17, 15) is 4.79 Å². The van der Waals surface area contributed by atoms with E-state index in [0.717, 1.165) is 25.7 Å². The molecule has 0 radical (unpaired) electrons. The van der Waals surface area contributed by atoms with Crippen LogP contribution in [-0.4, -0.2) is 53.4 Å². The smallest absolute Gasteiger partial charge is 0.407 e. The number of aliphatic hydroxyl groups is 3. The molecule has 0 aliphatic heterocycles. The summed E-state index contributed by atoms with van der Waals surface area (Å²) in [5.41, 5.74) is -1.43. The normalized spacial score (nSPS) is 13.1. The number of hydrogen-bond donors (Lipinski definition) is 4. The third kappa shape index (κ3) is 6.75. The average molecular weight is 277 g/mol. The van der Waals surface area contributed by atoms with Crippen molar-refractivity contribution in [3.63, 3.8) is 0 Å². The van der Waals surface area contributed by atoms with Crippen LogP contribution in [0, 0.1) is 5.92 Å². The summed E-state index contributed by atoms with van der Waals surface area (Å²) < 4.78 is 5.07. The standard InChI is InChI=1S/C13H27NO5/c1-3-5-6-11(4-2)7-19-12(18)14-13(8-15,9-16)10-17/h11,15-17H,3-10H2,1-2H3,(H,14,18). The molecule has 1 atom stereocenters. The quantitative estimate of drug-likeness (QED) is 0.470. The summed E-state index contributed by atoms with van der Waals surface area (Å²) in [6.07, 6.45) is 3.40. The maximum atomic E-state index is 11.6. The zero-order valence-electron chi connectivity index (χ0n) is 11.9. The number of unbranched alkanes of at least 4 members (excludes halogenated alkanes) is 1. The van der Waals surface area contributed by atoms with Gasteiger partial charge in [0.25, 0.3) is 0 Å². The molecule has 0 saturated heterocycles. The maximum absolute atomic E-state index is 11.6. The fraction of sp³-hybridized carbons (Fsp3) is 0.923. The molecule has 4 N–H and O–H groups in total. The Kier molecular flexibility index (Phi) is 9.55. The SMILES string of the molecule is CCCCC(CC)COC(=O)NC(CO)(CO)CO. The van der Waals surface area contributed by atoms with Crippen LogP contribution >= 0.6 is 0 Å². The van der Waals surface area contributed by atoms with E-state index >= 15 is 0 Å². The van der Waals surface area contributed by atoms with Gasteiger partial charge in [0, 0.05) is 0 Å². The zero-order chi connectivity index (χ0) is 14.7. The number of carbonyl (C=O) groups excluding carboxylic acids is 1. The summed E-state index contributed by atoms with van der Waals surface area (Å²) in [5.74, 6) is 0.317. The van der Waals surface area contributed by atoms with Crippen molar-refractivity contribution in [2.75, 3.05) is 26.4 Å². The molecule has 0 aromatic rings. The summed E-state index contributed by atoms with van der Waals surface area (Å²) in [4.78, 5) is 11.6. The molecule has 0 fully saturated rings. The fourth-order valence-electron chi connectivity index (χ4n) is 1.61. The third-order valence-electron chi connectivity index (χ3n) is 3.27. The van der Waals surface area contributed by atoms with Crippen molar-refractivity contribution in [2.45, 2.75) is 45.1 Å². The lowest BCUT2D eigenvalue weighted by Gasteiger charge is -2.28. The number of nitrogens with one attached hydrogen (secondary N) is 1. The Morgan fingerprint density at radius 2 is 1.79 bits per heavy atom. The van der Waals surface area contributed by atoms with Gasteiger partial charge in [0.2, 0.25) is 0 Å². The van der Waals surface area contributed by atoms with Crippen molar-refractivity contribution >= 4 is 6.09 Å². The molecule has 0 saturated carbocycles. The highest BCUT2D eigenvalue weighted by Crippen LogP contribution is 2.13. The van der Waals surface area contributed by atoms with E-state index in [0.29, 0.717) is 12.5 Å². The highest BCUT2D eigenvalue weighted by molar-refractivity contribution is 5.68. The first-order chi connectivity index (χ1) is 9.07. The number of amides is 1. The Morgan fingerprint density at radius 1 is 1.21 bits per heavy atom. The molecule has 19 heavy (non-hydrogen) atoms. The monoisotopic (exact) mass is 277 g/mol. The first kappa shape index (κ1) is 18.1. The number of ether oxygens (including phenoxy) is 1. The second-order valence-electron chi connectivity index (χ2n) is 4.89. The molecule has 0 heterocycles. The van der Waals surface area contributed by atoms with Crippen molar-refractivity contribution in [3.05, 3.63) is 0 Å². The molecule has 6 nitrogen and oxygen atoms in total. The van der Waals surface area contributed by atoms with Gasteiger partial charge in [-0.15, -0.1) is 0 Å². The van der Waals surface area contributed by atoms with E-state index in [4.69, 9.17) is 20.1 Å². The van der Waals surface area contributed by atoms with Gasteiger partial charge in [-0.3, -0.25) is 0 Å². The molecule has 0 aliphatic rings. The molecule has 0 aromatic carbocycles. The van der Waals surface area contributed by atoms with Crippen molar-refractivity contribution in [3.8, 4) is 0 Å². The highest BCUT2D eigenvalue weighted by atomic mass is 16.5. The lowest BCUT2D eigenvalue weighted by Crippen LogP contribution is -2.57. The second-order valence-corrected chi connectivity index (χ2v) is 4.89. The van der Waals surface area contributed by atoms with Crippen LogP contribution in [0.1, 0.15) is 39.5 Å². The van der Waals surface area contributed by atoms with E-state index < -0.39 is 31.5 Å². The minimum atomic E-state index is -1.43. The first-order valence-corrected chi connectivity index (χ1v) is 6.85. The van der Waals surface area contributed by atoms with Gasteiger partial charge in [-0.1, -0.05) is 33.1 Å². The van der Waals surface area contributed by atoms with Gasteiger partial charge in [0.15, 0.2) is 0 Å². The number of hydrogen-bond acceptors (Lipinski definition) is 5. The third-order valence-corrected chi connectivity index (χ3v) is 3.27. The van der Waals surface area contributed by atoms with Gasteiger partial charge in [0.05, 0.1) is 26.4 Å². The molecule has 1 amide bonds. The topological polar surface area (TPSA) is 99.0 Å². The van der Waals surface area contributed by atoms with Crippen molar-refractivity contribution in [1.82, 2.24) is 5.32 Å². The van der Waals surface area contributed by atoms with E-state index in [1.807, 2.05) is 6.92 Å². The molecule has 6 heteroatoms. The minimum absolute atomic E-state index is 0.306. The Morgan fingerprint density at radius 3 is 2.21 bits per heavy atom. The lowest BCUT2D eigenvalue weighted by molar-refractivity contribution is 0.0340. The fourth-order valence-corrected chi connectivity index (χ4v) is 1.61. The van der Waals surface area contributed by atoms with Crippen LogP contribution < -0.4 is 5.32 Å². The largest absolute Gasteiger partial charge is 0.449 e. The Bertz CT molecular complexity index is 235. The first-order valence-electron chi connectivity index (χ1n) is 6.85. The van der Waals surface area contributed by atoms with Gasteiger partial charge >= 0.3 is 6.09 Å². The van der Waals surface area contributed by atoms with Crippen molar-refractivity contribution in [2.24, 2.45) is 5.92 Å². The summed E-state index contributed by atoms with van der Waals surface area (Å²) >= 11 is 0. The summed E-state index contributed by atoms with van der Waals surface area (Å²) in [6, 6.07) is 0. The van der Waals surface area contributed by atoms with E-state index in [1.54, 1.807) is 0 Å². The van der Waals surface area contributed by atoms with Gasteiger partial charge in [-0.25, -0.2) is 4.79 Å². The Labute approximate surface area is 114 Å². The van der Waals surface area contributed by atoms with Gasteiger partial charge < -0.3 is 25.4 Å². The average Bonchev–Trinajstić information content (AvgIpc) is 2.45. The number of carbonyl (C=O) groups is 1. The highest BCUT2D eigenvalue weighted by Gasteiger charge is 2.30. The van der Waals surface area contributed by atoms with Crippen LogP contribution in [-0.2, 0) is 4.74 Å². The number of rotatable bonds is 10. The van der Waals surface area contributed by atoms with Crippen LogP contribution in [0.4, 0.5) is 4.79 Å². The number of aliphatic hydroxyl groups excluding tert-OH is 3. The summed E-state index contributed by atoms with van der Waals surface area (Å²) in [5, 5.41) is 29.5. The molecular formula is C13H27NO5. The summed E-state index contributed by atoms with van der Waals surface area (Å²) in [6.45, 7) is 2.80. The van der Waals surface area contributed by atoms with E-state index in [2.05, 4.69) is 12.2 Å². The lowest BCUT2D eigenvalue weighted by atomic mass is 10.0. The molecule has 0 aliphatic carbocycles. The summed E-state index contributed by atoms with van der Waals surface area (Å²) in [7, 11) is 0. The van der Waals surface area contributed by atoms with Gasteiger partial charge in [-0.05, 0) is 12.3 Å². The van der Waals surface area contributed by atoms with Crippen molar-refractivity contribution in [1.29, 1.82) is 0 Å². The maximum Gasteiger partial charge on any atom is 0.407 e. The molecule has 0 bridgehead atoms. The van der Waals surface area contributed by atoms with Crippen LogP contribution in [0.2, 0.25) is 0 Å². The van der Waals surface area contributed by atoms with Crippen molar-refractivity contribution < 1.29 is 24.9 Å². The Hall–Kier alpha value is -0.850. The van der Waals surface area contributed by atoms with Crippen LogP contribution in [0.25, 0.3) is 0 Å². The van der Waals surface area contributed by atoms with Crippen LogP contribution in [0.15, 0.2) is 0 Å². The van der Waals surface area contributed by atoms with E-state index in [-0.39, 0.29) is 0 Å². The predicted octanol–water partition coefficient (Wildman–Crippen LogP) is 0.645. The predicted molar refractivity (Wildman–Crippen MR) is 71.8 cm³/mol.